The molecule has 0 aliphatic carbocycles. The lowest BCUT2D eigenvalue weighted by atomic mass is 9.97. The van der Waals surface area contributed by atoms with Gasteiger partial charge in [0.1, 0.15) is 0 Å². The summed E-state index contributed by atoms with van der Waals surface area (Å²) in [7, 11) is 0. The molecule has 18 heavy (non-hydrogen) atoms. The van der Waals surface area contributed by atoms with Crippen molar-refractivity contribution in [3.8, 4) is 0 Å². The Morgan fingerprint density at radius 2 is 1.78 bits per heavy atom. The molecule has 1 fully saturated rings. The van der Waals surface area contributed by atoms with Gasteiger partial charge in [-0.3, -0.25) is 0 Å². The third kappa shape index (κ3) is 3.25. The van der Waals surface area contributed by atoms with Gasteiger partial charge in [0.15, 0.2) is 0 Å². The predicted octanol–water partition coefficient (Wildman–Crippen LogP) is 3.93. The van der Waals surface area contributed by atoms with E-state index in [0.29, 0.717) is 10.5 Å². The van der Waals surface area contributed by atoms with Crippen LogP contribution >= 0.6 is 23.5 Å². The molecule has 1 aliphatic heterocycles. The third-order valence-electron chi connectivity index (χ3n) is 3.48. The molecule has 0 bridgehead atoms. The van der Waals surface area contributed by atoms with E-state index in [2.05, 4.69) is 62.5 Å². The first kappa shape index (κ1) is 14.3. The lowest BCUT2D eigenvalue weighted by Gasteiger charge is -2.34. The molecule has 0 aromatic heterocycles. The fourth-order valence-electron chi connectivity index (χ4n) is 2.66. The van der Waals surface area contributed by atoms with Crippen LogP contribution in [0.1, 0.15) is 36.1 Å². The van der Waals surface area contributed by atoms with Gasteiger partial charge in [0.2, 0.25) is 0 Å². The van der Waals surface area contributed by atoms with Gasteiger partial charge in [-0.25, -0.2) is 0 Å². The molecule has 0 saturated carbocycles. The second kappa shape index (κ2) is 6.36. The first-order valence-corrected chi connectivity index (χ1v) is 8.78. The summed E-state index contributed by atoms with van der Waals surface area (Å²) in [4.78, 5) is 0. The zero-order chi connectivity index (χ0) is 13.1. The van der Waals surface area contributed by atoms with Crippen molar-refractivity contribution in [2.75, 3.05) is 11.5 Å². The van der Waals surface area contributed by atoms with Crippen LogP contribution in [0.3, 0.4) is 0 Å². The molecule has 3 heteroatoms. The van der Waals surface area contributed by atoms with Gasteiger partial charge in [0.25, 0.3) is 0 Å². The van der Waals surface area contributed by atoms with Crippen molar-refractivity contribution in [3.63, 3.8) is 0 Å². The van der Waals surface area contributed by atoms with Crippen molar-refractivity contribution in [2.45, 2.75) is 43.7 Å². The highest BCUT2D eigenvalue weighted by Gasteiger charge is 2.30. The Hall–Kier alpha value is -0.120. The van der Waals surface area contributed by atoms with E-state index in [1.165, 1.54) is 34.6 Å². The quantitative estimate of drug-likeness (QED) is 0.909. The van der Waals surface area contributed by atoms with Gasteiger partial charge in [-0.2, -0.15) is 23.5 Å². The van der Waals surface area contributed by atoms with E-state index in [-0.39, 0.29) is 6.04 Å². The van der Waals surface area contributed by atoms with E-state index in [0.717, 1.165) is 0 Å². The Morgan fingerprint density at radius 1 is 1.17 bits per heavy atom. The fourth-order valence-corrected chi connectivity index (χ4v) is 5.85. The predicted molar refractivity (Wildman–Crippen MR) is 85.6 cm³/mol. The maximum atomic E-state index is 6.54. The zero-order valence-electron chi connectivity index (χ0n) is 11.5. The average molecular weight is 281 g/mol. The van der Waals surface area contributed by atoms with Crippen LogP contribution in [0.2, 0.25) is 0 Å². The second-order valence-electron chi connectivity index (χ2n) is 5.10. The van der Waals surface area contributed by atoms with Crippen molar-refractivity contribution in [1.29, 1.82) is 0 Å². The molecule has 0 radical (unpaired) electrons. The zero-order valence-corrected chi connectivity index (χ0v) is 13.1. The summed E-state index contributed by atoms with van der Waals surface area (Å²) in [6.07, 6.45) is 1.22. The SMILES string of the molecule is CCC1SCCSC1C(N)c1cc(C)cc(C)c1. The molecule has 0 amide bonds. The van der Waals surface area contributed by atoms with E-state index in [1.807, 2.05) is 0 Å². The van der Waals surface area contributed by atoms with Crippen LogP contribution in [0.15, 0.2) is 18.2 Å². The standard InChI is InChI=1S/C15H23NS2/c1-4-13-15(18-6-5-17-13)14(16)12-8-10(2)7-11(3)9-12/h7-9,13-15H,4-6,16H2,1-3H3. The number of benzene rings is 1. The second-order valence-corrected chi connectivity index (χ2v) is 7.73. The van der Waals surface area contributed by atoms with Crippen LogP contribution in [0, 0.1) is 13.8 Å². The van der Waals surface area contributed by atoms with Crippen LogP contribution in [0.4, 0.5) is 0 Å². The van der Waals surface area contributed by atoms with E-state index < -0.39 is 0 Å². The molecule has 1 saturated heterocycles. The normalized spacial score (nSPS) is 26.0. The highest BCUT2D eigenvalue weighted by molar-refractivity contribution is 8.07. The van der Waals surface area contributed by atoms with E-state index >= 15 is 0 Å². The Labute approximate surface area is 119 Å². The monoisotopic (exact) mass is 281 g/mol. The maximum absolute atomic E-state index is 6.54. The number of rotatable bonds is 3. The molecule has 1 nitrogen and oxygen atoms in total. The minimum absolute atomic E-state index is 0.173. The van der Waals surface area contributed by atoms with Crippen LogP contribution < -0.4 is 5.73 Å². The van der Waals surface area contributed by atoms with Crippen LogP contribution in [-0.2, 0) is 0 Å². The molecule has 1 heterocycles. The van der Waals surface area contributed by atoms with Gasteiger partial charge in [0, 0.05) is 28.0 Å². The summed E-state index contributed by atoms with van der Waals surface area (Å²) in [5.41, 5.74) is 10.5. The third-order valence-corrected chi connectivity index (χ3v) is 6.85. The van der Waals surface area contributed by atoms with Gasteiger partial charge >= 0.3 is 0 Å². The molecule has 1 aromatic carbocycles. The Bertz CT molecular complexity index is 385. The van der Waals surface area contributed by atoms with Gasteiger partial charge in [0.05, 0.1) is 0 Å². The molecule has 100 valence electrons. The van der Waals surface area contributed by atoms with Gasteiger partial charge < -0.3 is 5.73 Å². The van der Waals surface area contributed by atoms with Gasteiger partial charge in [-0.15, -0.1) is 0 Å². The molecule has 3 unspecified atom stereocenters. The summed E-state index contributed by atoms with van der Waals surface area (Å²) in [6.45, 7) is 6.59. The summed E-state index contributed by atoms with van der Waals surface area (Å²) in [5, 5.41) is 1.27. The lowest BCUT2D eigenvalue weighted by molar-refractivity contribution is 0.630. The molecule has 1 aromatic rings. The highest BCUT2D eigenvalue weighted by Crippen LogP contribution is 2.39. The minimum Gasteiger partial charge on any atom is -0.323 e. The number of hydrogen-bond acceptors (Lipinski definition) is 3. The first-order valence-electron chi connectivity index (χ1n) is 6.68. The lowest BCUT2D eigenvalue weighted by Crippen LogP contribution is -2.35. The Balaban J connectivity index is 2.20. The summed E-state index contributed by atoms with van der Waals surface area (Å²) < 4.78 is 0. The fraction of sp³-hybridized carbons (Fsp3) is 0.600. The average Bonchev–Trinajstić information content (AvgIpc) is 2.36. The van der Waals surface area contributed by atoms with Crippen molar-refractivity contribution in [1.82, 2.24) is 0 Å². The van der Waals surface area contributed by atoms with Crippen LogP contribution in [0.5, 0.6) is 0 Å². The summed E-state index contributed by atoms with van der Waals surface area (Å²) >= 11 is 4.17. The van der Waals surface area contributed by atoms with Crippen molar-refractivity contribution >= 4 is 23.5 Å². The molecule has 3 atom stereocenters. The molecule has 0 spiro atoms. The number of aryl methyl sites for hydroxylation is 2. The Morgan fingerprint density at radius 3 is 2.39 bits per heavy atom. The molecule has 2 rings (SSSR count). The van der Waals surface area contributed by atoms with E-state index in [1.54, 1.807) is 0 Å². The molecule has 2 N–H and O–H groups in total. The number of hydrogen-bond donors (Lipinski definition) is 1. The Kier molecular flexibility index (Phi) is 5.05. The minimum atomic E-state index is 0.173. The van der Waals surface area contributed by atoms with Crippen LogP contribution in [-0.4, -0.2) is 22.0 Å². The number of thioether (sulfide) groups is 2. The van der Waals surface area contributed by atoms with Crippen molar-refractivity contribution < 1.29 is 0 Å². The molecular weight excluding hydrogens is 258 g/mol. The first-order chi connectivity index (χ1) is 8.61. The van der Waals surface area contributed by atoms with Gasteiger partial charge in [-0.05, 0) is 25.8 Å². The highest BCUT2D eigenvalue weighted by atomic mass is 32.2. The van der Waals surface area contributed by atoms with Crippen molar-refractivity contribution in [2.24, 2.45) is 5.73 Å². The van der Waals surface area contributed by atoms with Gasteiger partial charge in [-0.1, -0.05) is 36.2 Å². The largest absolute Gasteiger partial charge is 0.323 e. The van der Waals surface area contributed by atoms with Crippen LogP contribution in [0.25, 0.3) is 0 Å². The van der Waals surface area contributed by atoms with Crippen molar-refractivity contribution in [3.05, 3.63) is 34.9 Å². The molecule has 1 aliphatic rings. The molecular formula is C15H23NS2. The smallest absolute Gasteiger partial charge is 0.0426 e. The topological polar surface area (TPSA) is 26.0 Å². The van der Waals surface area contributed by atoms with E-state index in [4.69, 9.17) is 5.73 Å². The summed E-state index contributed by atoms with van der Waals surface area (Å²) in [5.74, 6) is 2.52. The summed E-state index contributed by atoms with van der Waals surface area (Å²) in [6, 6.07) is 6.90. The number of nitrogens with two attached hydrogens (primary N) is 1. The maximum Gasteiger partial charge on any atom is 0.0426 e. The van der Waals surface area contributed by atoms with E-state index in [9.17, 15) is 0 Å².